The number of fused-ring (bicyclic) bond motifs is 1. The fourth-order valence-electron chi connectivity index (χ4n) is 2.46. The number of carbonyl (C=O) groups is 1. The summed E-state index contributed by atoms with van der Waals surface area (Å²) in [5, 5.41) is 4.26. The molecule has 2 heterocycles. The Morgan fingerprint density at radius 1 is 1.19 bits per heavy atom. The van der Waals surface area contributed by atoms with Crippen LogP contribution < -0.4 is 19.5 Å². The van der Waals surface area contributed by atoms with Gasteiger partial charge in [0.05, 0.1) is 13.2 Å². The molecule has 1 fully saturated rings. The molecular weight excluding hydrogens is 296 g/mol. The summed E-state index contributed by atoms with van der Waals surface area (Å²) < 4.78 is 33.9. The van der Waals surface area contributed by atoms with Gasteiger partial charge in [0, 0.05) is 31.1 Å². The minimum atomic E-state index is -3.72. The molecule has 1 amide bonds. The van der Waals surface area contributed by atoms with Crippen LogP contribution in [0.15, 0.2) is 18.2 Å². The Bertz CT molecular complexity index is 673. The maximum Gasteiger partial charge on any atom is 0.228 e. The number of nitrogens with two attached hydrogens (primary N) is 1. The van der Waals surface area contributed by atoms with Crippen LogP contribution in [-0.4, -0.2) is 39.3 Å². The minimum absolute atomic E-state index is 0.0668. The summed E-state index contributed by atoms with van der Waals surface area (Å²) in [6.07, 6.45) is 0.702. The molecule has 1 saturated heterocycles. The molecule has 8 heteroatoms. The molecule has 21 heavy (non-hydrogen) atoms. The summed E-state index contributed by atoms with van der Waals surface area (Å²) >= 11 is 0. The molecule has 2 aliphatic heterocycles. The van der Waals surface area contributed by atoms with E-state index < -0.39 is 15.3 Å². The Balaban J connectivity index is 1.88. The van der Waals surface area contributed by atoms with E-state index in [4.69, 9.17) is 14.6 Å². The number of ether oxygens (including phenoxy) is 2. The maximum absolute atomic E-state index is 12.0. The van der Waals surface area contributed by atoms with E-state index in [2.05, 4.69) is 0 Å². The number of hydrogen-bond donors (Lipinski definition) is 1. The predicted octanol–water partition coefficient (Wildman–Crippen LogP) is 0.242. The summed E-state index contributed by atoms with van der Waals surface area (Å²) in [6.45, 7) is 1.20. The first kappa shape index (κ1) is 14.2. The summed E-state index contributed by atoms with van der Waals surface area (Å²) in [7, 11) is -3.72. The van der Waals surface area contributed by atoms with Crippen LogP contribution in [-0.2, 0) is 14.8 Å². The largest absolute Gasteiger partial charge is 0.490 e. The van der Waals surface area contributed by atoms with Crippen molar-refractivity contribution in [1.82, 2.24) is 0 Å². The van der Waals surface area contributed by atoms with Crippen molar-refractivity contribution in [3.05, 3.63) is 18.2 Å². The number of rotatable bonds is 2. The van der Waals surface area contributed by atoms with E-state index >= 15 is 0 Å². The SMILES string of the molecule is NS(=O)(=O)C1CC(=O)N(c2ccc3c(c2)OCCCO3)C1. The first-order valence-electron chi connectivity index (χ1n) is 6.67. The van der Waals surface area contributed by atoms with Crippen molar-refractivity contribution >= 4 is 21.6 Å². The van der Waals surface area contributed by atoms with E-state index in [-0.39, 0.29) is 18.9 Å². The predicted molar refractivity (Wildman–Crippen MR) is 75.9 cm³/mol. The third-order valence-electron chi connectivity index (χ3n) is 3.60. The second-order valence-electron chi connectivity index (χ2n) is 5.10. The van der Waals surface area contributed by atoms with E-state index in [9.17, 15) is 13.2 Å². The van der Waals surface area contributed by atoms with Crippen molar-refractivity contribution in [2.24, 2.45) is 5.14 Å². The van der Waals surface area contributed by atoms with Gasteiger partial charge in [-0.15, -0.1) is 0 Å². The van der Waals surface area contributed by atoms with Gasteiger partial charge < -0.3 is 14.4 Å². The second kappa shape index (κ2) is 5.19. The van der Waals surface area contributed by atoms with Gasteiger partial charge in [0.2, 0.25) is 15.9 Å². The lowest BCUT2D eigenvalue weighted by Gasteiger charge is -2.18. The van der Waals surface area contributed by atoms with E-state index in [0.29, 0.717) is 30.4 Å². The average molecular weight is 312 g/mol. The highest BCUT2D eigenvalue weighted by molar-refractivity contribution is 7.89. The number of carbonyl (C=O) groups excluding carboxylic acids is 1. The molecule has 7 nitrogen and oxygen atoms in total. The molecule has 1 atom stereocenters. The van der Waals surface area contributed by atoms with Crippen molar-refractivity contribution in [1.29, 1.82) is 0 Å². The molecule has 0 bridgehead atoms. The van der Waals surface area contributed by atoms with Crippen LogP contribution in [0.3, 0.4) is 0 Å². The van der Waals surface area contributed by atoms with Crippen molar-refractivity contribution in [2.75, 3.05) is 24.7 Å². The van der Waals surface area contributed by atoms with Crippen LogP contribution in [0.4, 0.5) is 5.69 Å². The highest BCUT2D eigenvalue weighted by Crippen LogP contribution is 2.35. The third-order valence-corrected chi connectivity index (χ3v) is 4.84. The maximum atomic E-state index is 12.0. The third kappa shape index (κ3) is 2.81. The van der Waals surface area contributed by atoms with Crippen LogP contribution in [0.1, 0.15) is 12.8 Å². The van der Waals surface area contributed by atoms with Crippen molar-refractivity contribution in [3.8, 4) is 11.5 Å². The Labute approximate surface area is 122 Å². The fourth-order valence-corrected chi connectivity index (χ4v) is 3.20. The fraction of sp³-hybridized carbons (Fsp3) is 0.462. The van der Waals surface area contributed by atoms with Gasteiger partial charge in [0.15, 0.2) is 11.5 Å². The highest BCUT2D eigenvalue weighted by atomic mass is 32.2. The summed E-state index contributed by atoms with van der Waals surface area (Å²) in [6, 6.07) is 5.15. The lowest BCUT2D eigenvalue weighted by Crippen LogP contribution is -2.32. The van der Waals surface area contributed by atoms with Gasteiger partial charge in [-0.2, -0.15) is 0 Å². The lowest BCUT2D eigenvalue weighted by molar-refractivity contribution is -0.117. The van der Waals surface area contributed by atoms with Crippen molar-refractivity contribution in [2.45, 2.75) is 18.1 Å². The average Bonchev–Trinajstić information content (AvgIpc) is 2.68. The van der Waals surface area contributed by atoms with Crippen LogP contribution in [0.5, 0.6) is 11.5 Å². The molecule has 0 saturated carbocycles. The summed E-state index contributed by atoms with van der Waals surface area (Å²) in [5.74, 6) is 0.936. The van der Waals surface area contributed by atoms with Crippen molar-refractivity contribution in [3.63, 3.8) is 0 Å². The van der Waals surface area contributed by atoms with E-state index in [1.54, 1.807) is 18.2 Å². The van der Waals surface area contributed by atoms with Crippen LogP contribution in [0, 0.1) is 0 Å². The minimum Gasteiger partial charge on any atom is -0.490 e. The number of anilines is 1. The number of sulfonamides is 1. The van der Waals surface area contributed by atoms with Gasteiger partial charge >= 0.3 is 0 Å². The monoisotopic (exact) mass is 312 g/mol. The number of benzene rings is 1. The molecule has 2 aliphatic rings. The van der Waals surface area contributed by atoms with Crippen molar-refractivity contribution < 1.29 is 22.7 Å². The molecule has 2 N–H and O–H groups in total. The first-order chi connectivity index (χ1) is 9.95. The van der Waals surface area contributed by atoms with Gasteiger partial charge in [0.25, 0.3) is 0 Å². The van der Waals surface area contributed by atoms with Gasteiger partial charge in [0.1, 0.15) is 5.25 Å². The number of primary sulfonamides is 1. The molecule has 0 aromatic heterocycles. The summed E-state index contributed by atoms with van der Waals surface area (Å²) in [5.41, 5.74) is 0.593. The van der Waals surface area contributed by atoms with E-state index in [1.807, 2.05) is 0 Å². The Kier molecular flexibility index (Phi) is 3.50. The molecule has 0 spiro atoms. The molecular formula is C13H16N2O5S. The van der Waals surface area contributed by atoms with Gasteiger partial charge in [-0.05, 0) is 12.1 Å². The molecule has 1 unspecified atom stereocenters. The van der Waals surface area contributed by atoms with Gasteiger partial charge in [-0.1, -0.05) is 0 Å². The van der Waals surface area contributed by atoms with E-state index in [1.165, 1.54) is 4.90 Å². The number of hydrogen-bond acceptors (Lipinski definition) is 5. The van der Waals surface area contributed by atoms with Crippen LogP contribution in [0.25, 0.3) is 0 Å². The molecule has 114 valence electrons. The second-order valence-corrected chi connectivity index (χ2v) is 6.95. The Morgan fingerprint density at radius 2 is 1.90 bits per heavy atom. The smallest absolute Gasteiger partial charge is 0.228 e. The topological polar surface area (TPSA) is 98.9 Å². The number of nitrogens with zero attached hydrogens (tertiary/aromatic N) is 1. The molecule has 1 aromatic carbocycles. The van der Waals surface area contributed by atoms with E-state index in [0.717, 1.165) is 6.42 Å². The quantitative estimate of drug-likeness (QED) is 0.843. The zero-order chi connectivity index (χ0) is 15.0. The number of amides is 1. The normalized spacial score (nSPS) is 22.2. The lowest BCUT2D eigenvalue weighted by atomic mass is 10.2. The first-order valence-corrected chi connectivity index (χ1v) is 8.28. The summed E-state index contributed by atoms with van der Waals surface area (Å²) in [4.78, 5) is 13.4. The van der Waals surface area contributed by atoms with Gasteiger partial charge in [-0.3, -0.25) is 4.79 Å². The highest BCUT2D eigenvalue weighted by Gasteiger charge is 2.37. The standard InChI is InChI=1S/C13H16N2O5S/c14-21(17,18)10-7-13(16)15(8-10)9-2-3-11-12(6-9)20-5-1-4-19-11/h2-3,6,10H,1,4-5,7-8H2,(H2,14,17,18). The molecule has 1 aromatic rings. The van der Waals surface area contributed by atoms with Crippen LogP contribution >= 0.6 is 0 Å². The molecule has 3 rings (SSSR count). The zero-order valence-electron chi connectivity index (χ0n) is 11.3. The van der Waals surface area contributed by atoms with Gasteiger partial charge in [-0.25, -0.2) is 13.6 Å². The van der Waals surface area contributed by atoms with Crippen LogP contribution in [0.2, 0.25) is 0 Å². The Morgan fingerprint density at radius 3 is 2.57 bits per heavy atom. The Hall–Kier alpha value is -1.80. The molecule has 0 aliphatic carbocycles. The zero-order valence-corrected chi connectivity index (χ0v) is 12.1. The molecule has 0 radical (unpaired) electrons.